The van der Waals surface area contributed by atoms with Crippen LogP contribution < -0.4 is 5.32 Å². The first-order valence-electron chi connectivity index (χ1n) is 6.90. The molecule has 1 saturated carbocycles. The fourth-order valence-electron chi connectivity index (χ4n) is 2.99. The Labute approximate surface area is 106 Å². The van der Waals surface area contributed by atoms with E-state index >= 15 is 0 Å². The van der Waals surface area contributed by atoms with Gasteiger partial charge in [-0.05, 0) is 50.6 Å². The van der Waals surface area contributed by atoms with Gasteiger partial charge in [-0.1, -0.05) is 43.2 Å². The lowest BCUT2D eigenvalue weighted by atomic mass is 9.98. The van der Waals surface area contributed by atoms with E-state index in [2.05, 4.69) is 51.2 Å². The molecule has 0 heterocycles. The summed E-state index contributed by atoms with van der Waals surface area (Å²) >= 11 is 0. The van der Waals surface area contributed by atoms with Gasteiger partial charge in [-0.25, -0.2) is 0 Å². The first-order chi connectivity index (χ1) is 8.10. The second-order valence-corrected chi connectivity index (χ2v) is 5.74. The van der Waals surface area contributed by atoms with Gasteiger partial charge in [0, 0.05) is 6.04 Å². The van der Waals surface area contributed by atoms with Crippen molar-refractivity contribution in [2.45, 2.75) is 46.6 Å². The SMILES string of the molecule is CCNC(Cc1cc(C)cc(C)c1)C1CC1C. The van der Waals surface area contributed by atoms with Crippen LogP contribution in [0.3, 0.4) is 0 Å². The molecule has 1 aromatic carbocycles. The number of likely N-dealkylation sites (N-methyl/N-ethyl adjacent to an activating group) is 1. The average molecular weight is 231 g/mol. The molecule has 0 amide bonds. The Morgan fingerprint density at radius 2 is 1.82 bits per heavy atom. The predicted octanol–water partition coefficient (Wildman–Crippen LogP) is 3.48. The lowest BCUT2D eigenvalue weighted by molar-refractivity contribution is 0.454. The summed E-state index contributed by atoms with van der Waals surface area (Å²) in [5.41, 5.74) is 4.27. The van der Waals surface area contributed by atoms with Gasteiger partial charge < -0.3 is 5.32 Å². The van der Waals surface area contributed by atoms with Crippen molar-refractivity contribution in [1.82, 2.24) is 5.32 Å². The van der Waals surface area contributed by atoms with Gasteiger partial charge in [0.15, 0.2) is 0 Å². The zero-order valence-corrected chi connectivity index (χ0v) is 11.6. The van der Waals surface area contributed by atoms with Crippen LogP contribution in [-0.2, 0) is 6.42 Å². The van der Waals surface area contributed by atoms with E-state index in [-0.39, 0.29) is 0 Å². The van der Waals surface area contributed by atoms with E-state index < -0.39 is 0 Å². The fraction of sp³-hybridized carbons (Fsp3) is 0.625. The molecule has 1 nitrogen and oxygen atoms in total. The highest BCUT2D eigenvalue weighted by Gasteiger charge is 2.38. The summed E-state index contributed by atoms with van der Waals surface area (Å²) in [7, 11) is 0. The van der Waals surface area contributed by atoms with Gasteiger partial charge in [0.05, 0.1) is 0 Å². The predicted molar refractivity (Wildman–Crippen MR) is 74.4 cm³/mol. The van der Waals surface area contributed by atoms with Crippen LogP contribution in [0.4, 0.5) is 0 Å². The maximum atomic E-state index is 3.66. The van der Waals surface area contributed by atoms with E-state index in [0.717, 1.165) is 18.4 Å². The summed E-state index contributed by atoms with van der Waals surface area (Å²) in [6.07, 6.45) is 2.59. The van der Waals surface area contributed by atoms with Crippen molar-refractivity contribution >= 4 is 0 Å². The van der Waals surface area contributed by atoms with Crippen LogP contribution in [0.15, 0.2) is 18.2 Å². The highest BCUT2D eigenvalue weighted by atomic mass is 14.9. The van der Waals surface area contributed by atoms with Crippen LogP contribution in [0.1, 0.15) is 37.0 Å². The van der Waals surface area contributed by atoms with Crippen molar-refractivity contribution in [1.29, 1.82) is 0 Å². The minimum atomic E-state index is 0.677. The molecule has 0 bridgehead atoms. The third kappa shape index (κ3) is 3.32. The largest absolute Gasteiger partial charge is 0.314 e. The molecular formula is C16H25N. The molecule has 0 saturated heterocycles. The maximum absolute atomic E-state index is 3.66. The van der Waals surface area contributed by atoms with E-state index in [0.29, 0.717) is 6.04 Å². The molecule has 3 atom stereocenters. The first-order valence-corrected chi connectivity index (χ1v) is 6.90. The third-order valence-corrected chi connectivity index (χ3v) is 3.89. The molecular weight excluding hydrogens is 206 g/mol. The fourth-order valence-corrected chi connectivity index (χ4v) is 2.99. The Bertz CT molecular complexity index is 363. The molecule has 0 aromatic heterocycles. The summed E-state index contributed by atoms with van der Waals surface area (Å²) in [6, 6.07) is 7.61. The molecule has 1 N–H and O–H groups in total. The van der Waals surface area contributed by atoms with Crippen LogP contribution in [0.25, 0.3) is 0 Å². The van der Waals surface area contributed by atoms with Gasteiger partial charge in [0.25, 0.3) is 0 Å². The standard InChI is InChI=1S/C16H25N/c1-5-17-16(15-9-13(15)4)10-14-7-11(2)6-12(3)8-14/h6-8,13,15-17H,5,9-10H2,1-4H3. The first kappa shape index (κ1) is 12.6. The molecule has 1 heteroatoms. The van der Waals surface area contributed by atoms with Gasteiger partial charge in [0.2, 0.25) is 0 Å². The van der Waals surface area contributed by atoms with Gasteiger partial charge in [-0.15, -0.1) is 0 Å². The molecule has 2 rings (SSSR count). The number of aryl methyl sites for hydroxylation is 2. The van der Waals surface area contributed by atoms with Crippen LogP contribution in [0.5, 0.6) is 0 Å². The quantitative estimate of drug-likeness (QED) is 0.818. The highest BCUT2D eigenvalue weighted by Crippen LogP contribution is 2.41. The number of hydrogen-bond acceptors (Lipinski definition) is 1. The number of rotatable bonds is 5. The van der Waals surface area contributed by atoms with Crippen LogP contribution >= 0.6 is 0 Å². The summed E-state index contributed by atoms with van der Waals surface area (Å²) < 4.78 is 0. The Morgan fingerprint density at radius 3 is 2.29 bits per heavy atom. The average Bonchev–Trinajstić information content (AvgIpc) is 2.93. The van der Waals surface area contributed by atoms with Crippen molar-refractivity contribution in [3.05, 3.63) is 34.9 Å². The van der Waals surface area contributed by atoms with Crippen molar-refractivity contribution in [3.8, 4) is 0 Å². The Hall–Kier alpha value is -0.820. The second-order valence-electron chi connectivity index (χ2n) is 5.74. The summed E-state index contributed by atoms with van der Waals surface area (Å²) in [5.74, 6) is 1.82. The summed E-state index contributed by atoms with van der Waals surface area (Å²) in [6.45, 7) is 10.0. The minimum absolute atomic E-state index is 0.677. The van der Waals surface area contributed by atoms with Gasteiger partial charge in [0.1, 0.15) is 0 Å². The van der Waals surface area contributed by atoms with Crippen LogP contribution in [-0.4, -0.2) is 12.6 Å². The van der Waals surface area contributed by atoms with E-state index in [9.17, 15) is 0 Å². The van der Waals surface area contributed by atoms with E-state index in [1.807, 2.05) is 0 Å². The molecule has 1 aliphatic carbocycles. The Kier molecular flexibility index (Phi) is 3.88. The smallest absolute Gasteiger partial charge is 0.0138 e. The third-order valence-electron chi connectivity index (χ3n) is 3.89. The number of benzene rings is 1. The molecule has 1 fully saturated rings. The van der Waals surface area contributed by atoms with Gasteiger partial charge in [-0.2, -0.15) is 0 Å². The zero-order valence-electron chi connectivity index (χ0n) is 11.6. The second kappa shape index (κ2) is 5.22. The molecule has 94 valence electrons. The molecule has 17 heavy (non-hydrogen) atoms. The minimum Gasteiger partial charge on any atom is -0.314 e. The zero-order chi connectivity index (χ0) is 12.4. The summed E-state index contributed by atoms with van der Waals surface area (Å²) in [5, 5.41) is 3.66. The maximum Gasteiger partial charge on any atom is 0.0138 e. The van der Waals surface area contributed by atoms with Gasteiger partial charge >= 0.3 is 0 Å². The molecule has 0 aliphatic heterocycles. The van der Waals surface area contributed by atoms with Crippen LogP contribution in [0, 0.1) is 25.7 Å². The van der Waals surface area contributed by atoms with E-state index in [1.54, 1.807) is 0 Å². The normalized spacial score (nSPS) is 24.7. The molecule has 1 aliphatic rings. The van der Waals surface area contributed by atoms with Crippen molar-refractivity contribution in [2.75, 3.05) is 6.54 Å². The lowest BCUT2D eigenvalue weighted by Gasteiger charge is -2.18. The lowest BCUT2D eigenvalue weighted by Crippen LogP contribution is -2.33. The molecule has 0 radical (unpaired) electrons. The van der Waals surface area contributed by atoms with Crippen molar-refractivity contribution < 1.29 is 0 Å². The van der Waals surface area contributed by atoms with E-state index in [1.165, 1.54) is 29.5 Å². The Balaban J connectivity index is 2.06. The van der Waals surface area contributed by atoms with E-state index in [4.69, 9.17) is 0 Å². The molecule has 3 unspecified atom stereocenters. The van der Waals surface area contributed by atoms with Crippen molar-refractivity contribution in [3.63, 3.8) is 0 Å². The van der Waals surface area contributed by atoms with Crippen LogP contribution in [0.2, 0.25) is 0 Å². The number of hydrogen-bond donors (Lipinski definition) is 1. The highest BCUT2D eigenvalue weighted by molar-refractivity contribution is 5.29. The monoisotopic (exact) mass is 231 g/mol. The van der Waals surface area contributed by atoms with Crippen molar-refractivity contribution in [2.24, 2.45) is 11.8 Å². The number of nitrogens with one attached hydrogen (secondary N) is 1. The summed E-state index contributed by atoms with van der Waals surface area (Å²) in [4.78, 5) is 0. The molecule has 0 spiro atoms. The molecule has 1 aromatic rings. The van der Waals surface area contributed by atoms with Gasteiger partial charge in [-0.3, -0.25) is 0 Å². The Morgan fingerprint density at radius 1 is 1.24 bits per heavy atom. The topological polar surface area (TPSA) is 12.0 Å².